The molecule has 3 amide bonds. The summed E-state index contributed by atoms with van der Waals surface area (Å²) in [5.41, 5.74) is 1.06. The van der Waals surface area contributed by atoms with Crippen molar-refractivity contribution in [3.8, 4) is 5.75 Å². The monoisotopic (exact) mass is 552 g/mol. The molecule has 0 unspecified atom stereocenters. The number of hydrogen-bond acceptors (Lipinski definition) is 6. The number of Topliss-reactive ketones (excluding diaryl/α,β-unsaturated/α-hetero) is 1. The van der Waals surface area contributed by atoms with Crippen molar-refractivity contribution in [2.24, 2.45) is 5.92 Å². The van der Waals surface area contributed by atoms with E-state index in [-0.39, 0.29) is 43.1 Å². The summed E-state index contributed by atoms with van der Waals surface area (Å²) in [6.07, 6.45) is 1.62. The van der Waals surface area contributed by atoms with Gasteiger partial charge in [0.1, 0.15) is 29.8 Å². The van der Waals surface area contributed by atoms with Crippen molar-refractivity contribution >= 4 is 23.5 Å². The fourth-order valence-corrected chi connectivity index (χ4v) is 4.74. The van der Waals surface area contributed by atoms with Crippen LogP contribution in [0.4, 0.5) is 4.39 Å². The highest BCUT2D eigenvalue weighted by molar-refractivity contribution is 5.99. The van der Waals surface area contributed by atoms with E-state index in [4.69, 9.17) is 4.74 Å². The third kappa shape index (κ3) is 7.44. The van der Waals surface area contributed by atoms with Crippen molar-refractivity contribution < 1.29 is 28.3 Å². The Morgan fingerprint density at radius 2 is 1.68 bits per heavy atom. The number of halogens is 1. The topological polar surface area (TPSA) is 117 Å². The molecule has 1 saturated carbocycles. The Labute approximate surface area is 233 Å². The van der Waals surface area contributed by atoms with Gasteiger partial charge in [-0.1, -0.05) is 24.3 Å². The second kappa shape index (κ2) is 13.0. The molecule has 214 valence electrons. The average Bonchev–Trinajstić information content (AvgIpc) is 3.78. The maximum atomic E-state index is 13.5. The van der Waals surface area contributed by atoms with Gasteiger partial charge >= 0.3 is 0 Å². The van der Waals surface area contributed by atoms with Crippen LogP contribution in [-0.4, -0.2) is 72.8 Å². The van der Waals surface area contributed by atoms with Gasteiger partial charge in [0.2, 0.25) is 17.7 Å². The zero-order valence-corrected chi connectivity index (χ0v) is 23.1. The molecule has 40 heavy (non-hydrogen) atoms. The molecule has 10 heteroatoms. The summed E-state index contributed by atoms with van der Waals surface area (Å²) < 4.78 is 19.5. The van der Waals surface area contributed by atoms with Crippen LogP contribution in [0.3, 0.4) is 0 Å². The summed E-state index contributed by atoms with van der Waals surface area (Å²) in [5.74, 6) is -1.19. The summed E-state index contributed by atoms with van der Waals surface area (Å²) in [6.45, 7) is 3.90. The first-order chi connectivity index (χ1) is 19.1. The zero-order chi connectivity index (χ0) is 28.8. The molecule has 0 spiro atoms. The Morgan fingerprint density at radius 3 is 2.38 bits per heavy atom. The first kappa shape index (κ1) is 29.2. The fraction of sp³-hybridized carbons (Fsp3) is 0.467. The predicted molar refractivity (Wildman–Crippen MR) is 147 cm³/mol. The van der Waals surface area contributed by atoms with E-state index in [1.807, 2.05) is 6.92 Å². The van der Waals surface area contributed by atoms with Gasteiger partial charge in [-0.25, -0.2) is 4.39 Å². The van der Waals surface area contributed by atoms with Gasteiger partial charge in [0.25, 0.3) is 0 Å². The van der Waals surface area contributed by atoms with E-state index in [0.717, 1.165) is 12.8 Å². The molecule has 2 aromatic rings. The van der Waals surface area contributed by atoms with Crippen LogP contribution in [0, 0.1) is 11.7 Å². The average molecular weight is 553 g/mol. The number of para-hydroxylation sites is 1. The molecule has 3 N–H and O–H groups in total. The molecule has 1 heterocycles. The number of ketones is 1. The van der Waals surface area contributed by atoms with Gasteiger partial charge in [0, 0.05) is 33.0 Å². The summed E-state index contributed by atoms with van der Waals surface area (Å²) in [6, 6.07) is 10.3. The van der Waals surface area contributed by atoms with Crippen molar-refractivity contribution in [3.05, 3.63) is 65.5 Å². The molecular formula is C30H37FN4O5. The second-order valence-corrected chi connectivity index (χ2v) is 10.6. The van der Waals surface area contributed by atoms with E-state index in [0.29, 0.717) is 23.4 Å². The molecule has 1 aliphatic heterocycles. The van der Waals surface area contributed by atoms with Crippen LogP contribution in [0.15, 0.2) is 48.5 Å². The van der Waals surface area contributed by atoms with Crippen molar-refractivity contribution in [2.45, 2.75) is 63.8 Å². The predicted octanol–water partition coefficient (Wildman–Crippen LogP) is 2.24. The minimum Gasteiger partial charge on any atom is -0.489 e. The van der Waals surface area contributed by atoms with Crippen LogP contribution in [0.5, 0.6) is 5.75 Å². The largest absolute Gasteiger partial charge is 0.489 e. The lowest BCUT2D eigenvalue weighted by Crippen LogP contribution is -2.57. The number of fused-ring (bicyclic) bond motifs is 1. The van der Waals surface area contributed by atoms with Crippen LogP contribution in [0.1, 0.15) is 49.0 Å². The summed E-state index contributed by atoms with van der Waals surface area (Å²) >= 11 is 0. The van der Waals surface area contributed by atoms with Crippen LogP contribution in [0.2, 0.25) is 0 Å². The van der Waals surface area contributed by atoms with Crippen molar-refractivity contribution in [1.29, 1.82) is 0 Å². The van der Waals surface area contributed by atoms with Gasteiger partial charge in [-0.3, -0.25) is 19.2 Å². The highest BCUT2D eigenvalue weighted by Gasteiger charge is 2.39. The molecule has 0 bridgehead atoms. The molecular weight excluding hydrogens is 515 g/mol. The maximum absolute atomic E-state index is 13.5. The highest BCUT2D eigenvalue weighted by atomic mass is 19.1. The third-order valence-electron chi connectivity index (χ3n) is 7.45. The lowest BCUT2D eigenvalue weighted by molar-refractivity contribution is -0.141. The molecule has 2 aromatic carbocycles. The molecule has 2 aliphatic rings. The van der Waals surface area contributed by atoms with E-state index >= 15 is 0 Å². The van der Waals surface area contributed by atoms with Crippen LogP contribution in [0.25, 0.3) is 0 Å². The Morgan fingerprint density at radius 1 is 0.975 bits per heavy atom. The number of ether oxygens (including phenoxy) is 1. The standard InChI is InChI=1S/C30H37FN4O5/c1-18-17-33-27(21-10-11-21)30(39)35(3)19(2)28(37)34-24(16-20-8-12-22(31)13-9-20)29(38)32-15-14-25(36)23-6-4-5-7-26(23)40-18/h4-9,12-13,18-19,21,24,27,33H,10-11,14-17H2,1-3H3,(H,32,38)(H,34,37)/t18-,19-,24+,27+/m1/s1. The number of amides is 3. The number of likely N-dealkylation sites (N-methyl/N-ethyl adjacent to an activating group) is 1. The van der Waals surface area contributed by atoms with Gasteiger partial charge < -0.3 is 25.6 Å². The molecule has 0 radical (unpaired) electrons. The Balaban J connectivity index is 1.60. The van der Waals surface area contributed by atoms with Gasteiger partial charge in [-0.05, 0) is 62.4 Å². The van der Waals surface area contributed by atoms with Crippen molar-refractivity contribution in [3.63, 3.8) is 0 Å². The summed E-state index contributed by atoms with van der Waals surface area (Å²) in [7, 11) is 1.58. The Hall–Kier alpha value is -3.79. The molecule has 1 aliphatic carbocycles. The quantitative estimate of drug-likeness (QED) is 0.538. The van der Waals surface area contributed by atoms with Gasteiger partial charge in [-0.15, -0.1) is 0 Å². The second-order valence-electron chi connectivity index (χ2n) is 10.6. The molecule has 9 nitrogen and oxygen atoms in total. The number of rotatable bonds is 3. The van der Waals surface area contributed by atoms with Crippen LogP contribution < -0.4 is 20.7 Å². The first-order valence-electron chi connectivity index (χ1n) is 13.8. The Kier molecular flexibility index (Phi) is 9.52. The van der Waals surface area contributed by atoms with Crippen molar-refractivity contribution in [1.82, 2.24) is 20.9 Å². The number of nitrogens with one attached hydrogen (secondary N) is 3. The van der Waals surface area contributed by atoms with Gasteiger partial charge in [-0.2, -0.15) is 0 Å². The van der Waals surface area contributed by atoms with Crippen molar-refractivity contribution in [2.75, 3.05) is 20.1 Å². The molecule has 0 aromatic heterocycles. The lowest BCUT2D eigenvalue weighted by atomic mass is 10.0. The normalized spacial score (nSPS) is 25.6. The zero-order valence-electron chi connectivity index (χ0n) is 23.1. The maximum Gasteiger partial charge on any atom is 0.243 e. The first-order valence-corrected chi connectivity index (χ1v) is 13.8. The SMILES string of the molecule is C[C@@H]1CN[C@@H](C2CC2)C(=O)N(C)[C@H](C)C(=O)N[C@@H](Cc2ccc(F)cc2)C(=O)NCCC(=O)c2ccccc2O1. The van der Waals surface area contributed by atoms with Crippen LogP contribution >= 0.6 is 0 Å². The van der Waals surface area contributed by atoms with Gasteiger partial charge in [0.15, 0.2) is 5.78 Å². The van der Waals surface area contributed by atoms with E-state index in [2.05, 4.69) is 16.0 Å². The summed E-state index contributed by atoms with van der Waals surface area (Å²) in [5, 5.41) is 8.83. The molecule has 4 rings (SSSR count). The number of carbonyl (C=O) groups is 4. The van der Waals surface area contributed by atoms with E-state index in [9.17, 15) is 23.6 Å². The molecule has 1 fully saturated rings. The minimum atomic E-state index is -0.994. The Bertz CT molecular complexity index is 1230. The fourth-order valence-electron chi connectivity index (χ4n) is 4.74. The minimum absolute atomic E-state index is 0.0351. The van der Waals surface area contributed by atoms with E-state index in [1.54, 1.807) is 50.4 Å². The molecule has 0 saturated heterocycles. The van der Waals surface area contributed by atoms with E-state index < -0.39 is 35.8 Å². The van der Waals surface area contributed by atoms with Gasteiger partial charge in [0.05, 0.1) is 11.6 Å². The number of hydrogen-bond donors (Lipinski definition) is 3. The third-order valence-corrected chi connectivity index (χ3v) is 7.45. The number of nitrogens with zero attached hydrogens (tertiary/aromatic N) is 1. The smallest absolute Gasteiger partial charge is 0.243 e. The highest BCUT2D eigenvalue weighted by Crippen LogP contribution is 2.33. The van der Waals surface area contributed by atoms with Crippen LogP contribution in [-0.2, 0) is 20.8 Å². The number of benzene rings is 2. The summed E-state index contributed by atoms with van der Waals surface area (Å²) in [4.78, 5) is 54.4. The molecule has 4 atom stereocenters. The van der Waals surface area contributed by atoms with E-state index in [1.165, 1.54) is 17.0 Å². The lowest BCUT2D eigenvalue weighted by Gasteiger charge is -2.31. The number of carbonyl (C=O) groups excluding carboxylic acids is 4.